The topological polar surface area (TPSA) is 84.5 Å². The van der Waals surface area contributed by atoms with Gasteiger partial charge in [-0.15, -0.1) is 0 Å². The first-order valence-corrected chi connectivity index (χ1v) is 6.15. The Balaban J connectivity index is 2.38. The van der Waals surface area contributed by atoms with Crippen LogP contribution in [0.4, 0.5) is 0 Å². The van der Waals surface area contributed by atoms with E-state index in [0.717, 1.165) is 16.7 Å². The molecule has 0 spiro atoms. The summed E-state index contributed by atoms with van der Waals surface area (Å²) in [6.45, 7) is 4.78. The molecule has 6 nitrogen and oxygen atoms in total. The van der Waals surface area contributed by atoms with Gasteiger partial charge in [0.15, 0.2) is 6.61 Å². The van der Waals surface area contributed by atoms with Crippen molar-refractivity contribution in [1.29, 1.82) is 0 Å². The highest BCUT2D eigenvalue weighted by Crippen LogP contribution is 2.10. The average Bonchev–Trinajstić information content (AvgIpc) is 2.38. The van der Waals surface area contributed by atoms with Crippen molar-refractivity contribution in [3.63, 3.8) is 0 Å². The van der Waals surface area contributed by atoms with Gasteiger partial charge in [0.2, 0.25) is 5.91 Å². The molecule has 1 rings (SSSR count). The third kappa shape index (κ3) is 5.51. The molecule has 1 aromatic rings. The summed E-state index contributed by atoms with van der Waals surface area (Å²) in [4.78, 5) is 33.3. The van der Waals surface area contributed by atoms with Crippen LogP contribution in [0.2, 0.25) is 0 Å². The maximum atomic E-state index is 11.6. The van der Waals surface area contributed by atoms with Crippen molar-refractivity contribution in [3.8, 4) is 0 Å². The minimum Gasteiger partial charge on any atom is -0.455 e. The molecule has 2 N–H and O–H groups in total. The highest BCUT2D eigenvalue weighted by molar-refractivity contribution is 5.83. The van der Waals surface area contributed by atoms with Crippen LogP contribution >= 0.6 is 0 Å². The Morgan fingerprint density at radius 1 is 1.10 bits per heavy atom. The molecule has 0 heterocycles. The van der Waals surface area contributed by atoms with Crippen molar-refractivity contribution < 1.29 is 19.1 Å². The Kier molecular flexibility index (Phi) is 5.71. The monoisotopic (exact) mass is 278 g/mol. The van der Waals surface area contributed by atoms with Crippen molar-refractivity contribution >= 4 is 17.8 Å². The van der Waals surface area contributed by atoms with E-state index in [2.05, 4.69) is 10.9 Å². The van der Waals surface area contributed by atoms with E-state index < -0.39 is 24.4 Å². The van der Waals surface area contributed by atoms with E-state index in [1.165, 1.54) is 6.92 Å². The fraction of sp³-hybridized carbons (Fsp3) is 0.357. The predicted octanol–water partition coefficient (Wildman–Crippen LogP) is 0.556. The molecule has 0 aliphatic heterocycles. The SMILES string of the molecule is CC(=O)NNC(=O)COC(=O)Cc1ccc(C)c(C)c1. The fourth-order valence-electron chi connectivity index (χ4n) is 1.47. The summed E-state index contributed by atoms with van der Waals surface area (Å²) in [5, 5.41) is 0. The summed E-state index contributed by atoms with van der Waals surface area (Å²) in [5.74, 6) is -1.49. The van der Waals surface area contributed by atoms with Gasteiger partial charge in [-0.3, -0.25) is 25.2 Å². The summed E-state index contributed by atoms with van der Waals surface area (Å²) in [5.41, 5.74) is 7.28. The van der Waals surface area contributed by atoms with Crippen LogP contribution in [0.15, 0.2) is 18.2 Å². The van der Waals surface area contributed by atoms with Gasteiger partial charge in [0.25, 0.3) is 5.91 Å². The number of hydrogen-bond donors (Lipinski definition) is 2. The van der Waals surface area contributed by atoms with Gasteiger partial charge in [0.1, 0.15) is 0 Å². The quantitative estimate of drug-likeness (QED) is 0.622. The van der Waals surface area contributed by atoms with Gasteiger partial charge in [0.05, 0.1) is 6.42 Å². The van der Waals surface area contributed by atoms with Gasteiger partial charge >= 0.3 is 5.97 Å². The second kappa shape index (κ2) is 7.28. The Labute approximate surface area is 117 Å². The summed E-state index contributed by atoms with van der Waals surface area (Å²) in [6, 6.07) is 5.69. The van der Waals surface area contributed by atoms with Gasteiger partial charge in [-0.05, 0) is 30.5 Å². The van der Waals surface area contributed by atoms with Crippen LogP contribution in [-0.4, -0.2) is 24.4 Å². The van der Waals surface area contributed by atoms with Crippen LogP contribution in [0.1, 0.15) is 23.6 Å². The highest BCUT2D eigenvalue weighted by atomic mass is 16.5. The summed E-state index contributed by atoms with van der Waals surface area (Å²) < 4.78 is 4.81. The molecule has 108 valence electrons. The molecule has 0 saturated carbocycles. The average molecular weight is 278 g/mol. The van der Waals surface area contributed by atoms with E-state index in [1.54, 1.807) is 0 Å². The molecule has 0 aliphatic rings. The number of rotatable bonds is 4. The van der Waals surface area contributed by atoms with E-state index in [0.29, 0.717) is 0 Å². The molecule has 6 heteroatoms. The normalized spacial score (nSPS) is 9.75. The lowest BCUT2D eigenvalue weighted by Crippen LogP contribution is -2.42. The molecule has 1 aromatic carbocycles. The number of carbonyl (C=O) groups is 3. The number of nitrogens with one attached hydrogen (secondary N) is 2. The summed E-state index contributed by atoms with van der Waals surface area (Å²) in [6.07, 6.45) is 0.106. The lowest BCUT2D eigenvalue weighted by atomic mass is 10.0. The van der Waals surface area contributed by atoms with Gasteiger partial charge in [-0.25, -0.2) is 0 Å². The Morgan fingerprint density at radius 3 is 2.40 bits per heavy atom. The van der Waals surface area contributed by atoms with Crippen molar-refractivity contribution in [2.75, 3.05) is 6.61 Å². The second-order valence-electron chi connectivity index (χ2n) is 4.49. The van der Waals surface area contributed by atoms with Crippen LogP contribution in [0, 0.1) is 13.8 Å². The van der Waals surface area contributed by atoms with Crippen LogP contribution in [0.25, 0.3) is 0 Å². The van der Waals surface area contributed by atoms with Gasteiger partial charge in [0, 0.05) is 6.92 Å². The Hall–Kier alpha value is -2.37. The minimum atomic E-state index is -0.589. The molecule has 0 atom stereocenters. The molecule has 20 heavy (non-hydrogen) atoms. The van der Waals surface area contributed by atoms with Gasteiger partial charge in [-0.1, -0.05) is 18.2 Å². The molecule has 0 bridgehead atoms. The van der Waals surface area contributed by atoms with Crippen LogP contribution < -0.4 is 10.9 Å². The van der Waals surface area contributed by atoms with Crippen LogP contribution in [0.5, 0.6) is 0 Å². The number of carbonyl (C=O) groups excluding carboxylic acids is 3. The molecule has 0 fully saturated rings. The van der Waals surface area contributed by atoms with Crippen molar-refractivity contribution in [2.24, 2.45) is 0 Å². The fourth-order valence-corrected chi connectivity index (χ4v) is 1.47. The molecule has 0 radical (unpaired) electrons. The zero-order valence-electron chi connectivity index (χ0n) is 11.8. The molecule has 0 aromatic heterocycles. The Bertz CT molecular complexity index is 526. The molecular weight excluding hydrogens is 260 g/mol. The third-order valence-corrected chi connectivity index (χ3v) is 2.66. The predicted molar refractivity (Wildman–Crippen MR) is 72.5 cm³/mol. The summed E-state index contributed by atoms with van der Waals surface area (Å²) in [7, 11) is 0. The maximum absolute atomic E-state index is 11.6. The first-order chi connectivity index (χ1) is 9.38. The maximum Gasteiger partial charge on any atom is 0.310 e. The van der Waals surface area contributed by atoms with Crippen molar-refractivity contribution in [1.82, 2.24) is 10.9 Å². The smallest absolute Gasteiger partial charge is 0.310 e. The molecule has 2 amide bonds. The zero-order valence-corrected chi connectivity index (χ0v) is 11.8. The number of hydrazine groups is 1. The number of hydrogen-bond acceptors (Lipinski definition) is 4. The highest BCUT2D eigenvalue weighted by Gasteiger charge is 2.09. The van der Waals surface area contributed by atoms with Crippen molar-refractivity contribution in [2.45, 2.75) is 27.2 Å². The van der Waals surface area contributed by atoms with E-state index in [4.69, 9.17) is 4.74 Å². The number of ether oxygens (including phenoxy) is 1. The standard InChI is InChI=1S/C14H18N2O4/c1-9-4-5-12(6-10(9)2)7-14(19)20-8-13(18)16-15-11(3)17/h4-6H,7-8H2,1-3H3,(H,15,17)(H,16,18). The third-order valence-electron chi connectivity index (χ3n) is 2.66. The lowest BCUT2D eigenvalue weighted by molar-refractivity contribution is -0.148. The second-order valence-corrected chi connectivity index (χ2v) is 4.49. The minimum absolute atomic E-state index is 0.106. The van der Waals surface area contributed by atoms with Crippen LogP contribution in [0.3, 0.4) is 0 Å². The number of benzene rings is 1. The van der Waals surface area contributed by atoms with E-state index in [-0.39, 0.29) is 6.42 Å². The van der Waals surface area contributed by atoms with Crippen LogP contribution in [-0.2, 0) is 25.5 Å². The number of esters is 1. The van der Waals surface area contributed by atoms with Crippen molar-refractivity contribution in [3.05, 3.63) is 34.9 Å². The first-order valence-electron chi connectivity index (χ1n) is 6.15. The molecule has 0 saturated heterocycles. The largest absolute Gasteiger partial charge is 0.455 e. The first kappa shape index (κ1) is 15.7. The lowest BCUT2D eigenvalue weighted by Gasteiger charge is -2.07. The van der Waals surface area contributed by atoms with E-state index in [1.807, 2.05) is 32.0 Å². The molecule has 0 aliphatic carbocycles. The van der Waals surface area contributed by atoms with E-state index in [9.17, 15) is 14.4 Å². The zero-order chi connectivity index (χ0) is 15.1. The number of aryl methyl sites for hydroxylation is 2. The van der Waals surface area contributed by atoms with Gasteiger partial charge in [-0.2, -0.15) is 0 Å². The molecule has 0 unspecified atom stereocenters. The summed E-state index contributed by atoms with van der Waals surface area (Å²) >= 11 is 0. The van der Waals surface area contributed by atoms with Gasteiger partial charge < -0.3 is 4.74 Å². The van der Waals surface area contributed by atoms with E-state index >= 15 is 0 Å². The molecular formula is C14H18N2O4. The number of amides is 2. The Morgan fingerprint density at radius 2 is 1.80 bits per heavy atom.